The average molecular weight is 519 g/mol. The molecule has 0 heterocycles. The summed E-state index contributed by atoms with van der Waals surface area (Å²) in [5, 5.41) is 0. The molecule has 1 aromatic carbocycles. The lowest BCUT2D eigenvalue weighted by Crippen LogP contribution is -2.16. The highest BCUT2D eigenvalue weighted by molar-refractivity contribution is 5.70. The Bertz CT molecular complexity index is 589. The molecule has 0 spiro atoms. The summed E-state index contributed by atoms with van der Waals surface area (Å²) < 4.78 is 52.9. The summed E-state index contributed by atoms with van der Waals surface area (Å²) in [5.74, 6) is 0.436. The van der Waals surface area contributed by atoms with Crippen molar-refractivity contribution in [3.8, 4) is 5.75 Å². The van der Waals surface area contributed by atoms with Crippen LogP contribution in [0.2, 0.25) is 0 Å². The van der Waals surface area contributed by atoms with Crippen LogP contribution in [0.5, 0.6) is 5.75 Å². The van der Waals surface area contributed by atoms with Crippen LogP contribution in [0.15, 0.2) is 30.3 Å². The first kappa shape index (κ1) is 32.2. The Morgan fingerprint density at radius 2 is 0.833 bits per heavy atom. The van der Waals surface area contributed by atoms with Crippen LogP contribution in [-0.2, 0) is 47.4 Å². The first-order valence-corrected chi connectivity index (χ1v) is 12.2. The van der Waals surface area contributed by atoms with Gasteiger partial charge in [0.25, 0.3) is 0 Å². The van der Waals surface area contributed by atoms with Crippen LogP contribution in [0.4, 0.5) is 0 Å². The number of hydrogen-bond donors (Lipinski definition) is 0. The quantitative estimate of drug-likeness (QED) is 0.124. The smallest absolute Gasteiger partial charge is 0.331 e. The van der Waals surface area contributed by atoms with Gasteiger partial charge in [-0.1, -0.05) is 18.2 Å². The number of carbonyl (C=O) groups is 1. The van der Waals surface area contributed by atoms with Crippen molar-refractivity contribution in [3.63, 3.8) is 0 Å². The molecule has 11 nitrogen and oxygen atoms in total. The Morgan fingerprint density at radius 3 is 1.19 bits per heavy atom. The molecule has 0 atom stereocenters. The molecule has 0 N–H and O–H groups in total. The Morgan fingerprint density at radius 1 is 0.500 bits per heavy atom. The maximum Gasteiger partial charge on any atom is 0.331 e. The SMILES string of the molecule is COC(=O)COCCOCCOCCOCCOCCOCCOCCOCCOc1ccccc1. The van der Waals surface area contributed by atoms with Gasteiger partial charge in [0, 0.05) is 0 Å². The van der Waals surface area contributed by atoms with Gasteiger partial charge in [-0.3, -0.25) is 0 Å². The van der Waals surface area contributed by atoms with Crippen molar-refractivity contribution in [2.45, 2.75) is 0 Å². The minimum absolute atomic E-state index is 0.0661. The summed E-state index contributed by atoms with van der Waals surface area (Å²) in [6, 6.07) is 9.65. The van der Waals surface area contributed by atoms with Gasteiger partial charge >= 0.3 is 5.97 Å². The van der Waals surface area contributed by atoms with E-state index in [9.17, 15) is 4.79 Å². The van der Waals surface area contributed by atoms with Crippen LogP contribution in [0.25, 0.3) is 0 Å². The lowest BCUT2D eigenvalue weighted by Gasteiger charge is -2.09. The van der Waals surface area contributed by atoms with Gasteiger partial charge in [0.1, 0.15) is 19.0 Å². The molecule has 1 aromatic rings. The van der Waals surface area contributed by atoms with E-state index < -0.39 is 5.97 Å². The first-order valence-electron chi connectivity index (χ1n) is 12.2. The average Bonchev–Trinajstić information content (AvgIpc) is 2.91. The van der Waals surface area contributed by atoms with Crippen molar-refractivity contribution in [1.29, 1.82) is 0 Å². The highest BCUT2D eigenvalue weighted by atomic mass is 16.6. The van der Waals surface area contributed by atoms with Crippen molar-refractivity contribution >= 4 is 5.97 Å². The molecule has 36 heavy (non-hydrogen) atoms. The van der Waals surface area contributed by atoms with Gasteiger partial charge in [0.2, 0.25) is 0 Å². The maximum absolute atomic E-state index is 10.8. The summed E-state index contributed by atoms with van der Waals surface area (Å²) in [7, 11) is 1.32. The number of methoxy groups -OCH3 is 1. The van der Waals surface area contributed by atoms with Crippen LogP contribution < -0.4 is 4.74 Å². The van der Waals surface area contributed by atoms with Gasteiger partial charge in [-0.15, -0.1) is 0 Å². The molecule has 11 heteroatoms. The zero-order valence-electron chi connectivity index (χ0n) is 21.4. The largest absolute Gasteiger partial charge is 0.491 e. The third-order valence-electron chi connectivity index (χ3n) is 4.29. The Balaban J connectivity index is 1.64. The predicted molar refractivity (Wildman–Crippen MR) is 131 cm³/mol. The summed E-state index contributed by atoms with van der Waals surface area (Å²) in [5.41, 5.74) is 0. The van der Waals surface area contributed by atoms with Crippen molar-refractivity contribution < 1.29 is 52.2 Å². The van der Waals surface area contributed by atoms with E-state index in [1.54, 1.807) is 0 Å². The number of para-hydroxylation sites is 1. The summed E-state index contributed by atoms with van der Waals surface area (Å²) >= 11 is 0. The van der Waals surface area contributed by atoms with Crippen LogP contribution in [0.1, 0.15) is 0 Å². The number of hydrogen-bond acceptors (Lipinski definition) is 11. The van der Waals surface area contributed by atoms with E-state index >= 15 is 0 Å². The normalized spacial score (nSPS) is 11.0. The van der Waals surface area contributed by atoms with Crippen LogP contribution in [0.3, 0.4) is 0 Å². The second-order valence-corrected chi connectivity index (χ2v) is 7.08. The zero-order valence-corrected chi connectivity index (χ0v) is 21.4. The highest BCUT2D eigenvalue weighted by Crippen LogP contribution is 2.07. The molecule has 0 radical (unpaired) electrons. The minimum Gasteiger partial charge on any atom is -0.491 e. The third kappa shape index (κ3) is 22.6. The molecular weight excluding hydrogens is 476 g/mol. The predicted octanol–water partition coefficient (Wildman–Crippen LogP) is 1.37. The molecule has 0 saturated carbocycles. The molecule has 0 amide bonds. The van der Waals surface area contributed by atoms with Gasteiger partial charge in [-0.05, 0) is 12.1 Å². The van der Waals surface area contributed by atoms with Crippen molar-refractivity contribution in [3.05, 3.63) is 30.3 Å². The monoisotopic (exact) mass is 518 g/mol. The van der Waals surface area contributed by atoms with Gasteiger partial charge < -0.3 is 47.4 Å². The molecule has 0 bridgehead atoms. The number of rotatable bonds is 27. The molecule has 0 fully saturated rings. The second kappa shape index (κ2) is 26.2. The van der Waals surface area contributed by atoms with Crippen LogP contribution in [0, 0.1) is 0 Å². The zero-order chi connectivity index (χ0) is 25.8. The molecule has 0 unspecified atom stereocenters. The highest BCUT2D eigenvalue weighted by Gasteiger charge is 1.99. The molecule has 0 aromatic heterocycles. The Kier molecular flexibility index (Phi) is 23.5. The topological polar surface area (TPSA) is 109 Å². The lowest BCUT2D eigenvalue weighted by atomic mass is 10.3. The van der Waals surface area contributed by atoms with E-state index in [0.29, 0.717) is 106 Å². The molecule has 0 aliphatic carbocycles. The van der Waals surface area contributed by atoms with E-state index in [-0.39, 0.29) is 6.61 Å². The summed E-state index contributed by atoms with van der Waals surface area (Å²) in [6.45, 7) is 7.67. The molecule has 0 saturated heterocycles. The van der Waals surface area contributed by atoms with Gasteiger partial charge in [-0.2, -0.15) is 0 Å². The number of carbonyl (C=O) groups excluding carboxylic acids is 1. The van der Waals surface area contributed by atoms with E-state index in [1.807, 2.05) is 30.3 Å². The fourth-order valence-corrected chi connectivity index (χ4v) is 2.49. The fraction of sp³-hybridized carbons (Fsp3) is 0.720. The summed E-state index contributed by atoms with van der Waals surface area (Å²) in [6.07, 6.45) is 0. The Labute approximate surface area is 214 Å². The van der Waals surface area contributed by atoms with E-state index in [1.165, 1.54) is 7.11 Å². The second-order valence-electron chi connectivity index (χ2n) is 7.08. The summed E-state index contributed by atoms with van der Waals surface area (Å²) in [4.78, 5) is 10.8. The molecule has 1 rings (SSSR count). The van der Waals surface area contributed by atoms with E-state index in [2.05, 4.69) is 4.74 Å². The van der Waals surface area contributed by atoms with Crippen LogP contribution in [-0.4, -0.2) is 125 Å². The molecule has 0 aliphatic heterocycles. The minimum atomic E-state index is -0.405. The number of benzene rings is 1. The standard InChI is InChI=1S/C25H42O11/c1-27-25(26)23-35-20-19-33-16-15-31-12-11-29-8-7-28-9-10-30-13-14-32-17-18-34-21-22-36-24-5-3-2-4-6-24/h2-6H,7-23H2,1H3. The van der Waals surface area contributed by atoms with Crippen molar-refractivity contribution in [2.24, 2.45) is 0 Å². The van der Waals surface area contributed by atoms with Crippen molar-refractivity contribution in [2.75, 3.05) is 119 Å². The number of ether oxygens (including phenoxy) is 10. The van der Waals surface area contributed by atoms with Gasteiger partial charge in [0.05, 0.1) is 106 Å². The lowest BCUT2D eigenvalue weighted by molar-refractivity contribution is -0.146. The molecular formula is C25H42O11. The van der Waals surface area contributed by atoms with E-state index in [4.69, 9.17) is 42.6 Å². The molecule has 208 valence electrons. The Hall–Kier alpha value is -1.83. The molecule has 0 aliphatic rings. The number of esters is 1. The van der Waals surface area contributed by atoms with Crippen molar-refractivity contribution in [1.82, 2.24) is 0 Å². The van der Waals surface area contributed by atoms with E-state index in [0.717, 1.165) is 5.75 Å². The first-order chi connectivity index (χ1) is 17.8. The van der Waals surface area contributed by atoms with Gasteiger partial charge in [-0.25, -0.2) is 4.79 Å². The van der Waals surface area contributed by atoms with Gasteiger partial charge in [0.15, 0.2) is 0 Å². The fourth-order valence-electron chi connectivity index (χ4n) is 2.49. The third-order valence-corrected chi connectivity index (χ3v) is 4.29. The maximum atomic E-state index is 10.8. The van der Waals surface area contributed by atoms with Crippen LogP contribution >= 0.6 is 0 Å².